The molecule has 2 aromatic heterocycles. The van der Waals surface area contributed by atoms with E-state index in [4.69, 9.17) is 20.4 Å². The zero-order chi connectivity index (χ0) is 47.2. The molecule has 1 saturated carbocycles. The van der Waals surface area contributed by atoms with E-state index in [0.29, 0.717) is 61.5 Å². The van der Waals surface area contributed by atoms with E-state index in [-0.39, 0.29) is 24.2 Å². The topological polar surface area (TPSA) is 239 Å². The fraction of sp³-hybridized carbons (Fsp3) is 0.477. The third kappa shape index (κ3) is 14.9. The molecular weight excluding hydrogens is 838 g/mol. The van der Waals surface area contributed by atoms with Crippen molar-refractivity contribution in [2.75, 3.05) is 37.6 Å². The van der Waals surface area contributed by atoms with Crippen molar-refractivity contribution in [2.24, 2.45) is 17.6 Å². The third-order valence-electron chi connectivity index (χ3n) is 10.5. The van der Waals surface area contributed by atoms with Crippen molar-refractivity contribution in [3.8, 4) is 22.5 Å². The van der Waals surface area contributed by atoms with Gasteiger partial charge in [0.1, 0.15) is 11.3 Å². The van der Waals surface area contributed by atoms with Gasteiger partial charge >= 0.3 is 18.2 Å². The van der Waals surface area contributed by atoms with Gasteiger partial charge in [0.25, 0.3) is 11.8 Å². The molecule has 4 amide bonds. The van der Waals surface area contributed by atoms with Gasteiger partial charge in [0.15, 0.2) is 0 Å². The zero-order valence-corrected chi connectivity index (χ0v) is 36.9. The van der Waals surface area contributed by atoms with Gasteiger partial charge in [-0.05, 0) is 125 Å². The number of hydrogen-bond donors (Lipinski definition) is 5. The van der Waals surface area contributed by atoms with Crippen LogP contribution in [0.1, 0.15) is 82.0 Å². The summed E-state index contributed by atoms with van der Waals surface area (Å²) in [5.41, 5.74) is 10.8. The lowest BCUT2D eigenvalue weighted by atomic mass is 9.81. The number of likely N-dealkylation sites (N-methyl/N-ethyl adjacent to an activating group) is 1. The summed E-state index contributed by atoms with van der Waals surface area (Å²) in [4.78, 5) is 70.3. The minimum atomic E-state index is -5.08. The number of carboxylic acids is 1. The van der Waals surface area contributed by atoms with Gasteiger partial charge in [-0.1, -0.05) is 44.2 Å². The number of H-pyrrole nitrogens is 1. The number of alkyl halides is 3. The van der Waals surface area contributed by atoms with Crippen LogP contribution in [0, 0.1) is 18.8 Å². The number of nitrogens with zero attached hydrogens (tertiary/aromatic N) is 6. The highest BCUT2D eigenvalue weighted by Crippen LogP contribution is 2.32. The van der Waals surface area contributed by atoms with E-state index in [2.05, 4.69) is 55.0 Å². The van der Waals surface area contributed by atoms with Crippen molar-refractivity contribution in [1.29, 1.82) is 0 Å². The van der Waals surface area contributed by atoms with Crippen LogP contribution in [0.25, 0.3) is 22.5 Å². The van der Waals surface area contributed by atoms with E-state index in [1.807, 2.05) is 58.0 Å². The van der Waals surface area contributed by atoms with Gasteiger partial charge in [0, 0.05) is 42.4 Å². The van der Waals surface area contributed by atoms with Crippen LogP contribution in [0.2, 0.25) is 0 Å². The summed E-state index contributed by atoms with van der Waals surface area (Å²) in [5.74, 6) is -3.59. The predicted molar refractivity (Wildman–Crippen MR) is 232 cm³/mol. The number of rotatable bonds is 15. The van der Waals surface area contributed by atoms with Crippen LogP contribution in [0.15, 0.2) is 60.7 Å². The lowest BCUT2D eigenvalue weighted by Crippen LogP contribution is -2.50. The van der Waals surface area contributed by atoms with Gasteiger partial charge in [-0.15, -0.1) is 10.2 Å². The highest BCUT2D eigenvalue weighted by atomic mass is 19.4. The Morgan fingerprint density at radius 1 is 0.906 bits per heavy atom. The number of imide groups is 1. The highest BCUT2D eigenvalue weighted by molar-refractivity contribution is 6.17. The quantitative estimate of drug-likeness (QED) is 0.0964. The number of benzene rings is 2. The number of aryl methyl sites for hydroxylation is 1. The SMILES string of the molecule is CCN(CC)CCNC(=O)c1ccc(-c2ccc(C[C@H](N)C(=O)N(C(=O)C3CCC(CNC(=O)OC(C)(C)C)CC3)c3ccc(-c4nn[nH]n4)cc3)cc2)c(C)n1.O=C(O)C(F)(F)F. The van der Waals surface area contributed by atoms with Gasteiger partial charge in [-0.25, -0.2) is 19.5 Å². The Morgan fingerprint density at radius 2 is 1.52 bits per heavy atom. The fourth-order valence-corrected chi connectivity index (χ4v) is 7.02. The minimum Gasteiger partial charge on any atom is -0.475 e. The first-order chi connectivity index (χ1) is 30.2. The van der Waals surface area contributed by atoms with E-state index < -0.39 is 41.7 Å². The molecule has 17 nitrogen and oxygen atoms in total. The molecule has 1 fully saturated rings. The molecule has 6 N–H and O–H groups in total. The molecule has 1 aliphatic rings. The van der Waals surface area contributed by atoms with Crippen LogP contribution in [-0.4, -0.2) is 116 Å². The number of carboxylic acid groups (broad SMARTS) is 1. The number of alkyl carbamates (subject to hydrolysis) is 1. The van der Waals surface area contributed by atoms with Crippen LogP contribution >= 0.6 is 0 Å². The molecule has 2 aromatic carbocycles. The molecule has 0 unspecified atom stereocenters. The lowest BCUT2D eigenvalue weighted by molar-refractivity contribution is -0.192. The molecule has 346 valence electrons. The Hall–Kier alpha value is -6.28. The van der Waals surface area contributed by atoms with Gasteiger partial charge in [-0.2, -0.15) is 18.4 Å². The van der Waals surface area contributed by atoms with Crippen molar-refractivity contribution in [3.63, 3.8) is 0 Å². The second kappa shape index (κ2) is 22.9. The van der Waals surface area contributed by atoms with Crippen LogP contribution < -0.4 is 21.3 Å². The number of pyridine rings is 1. The first kappa shape index (κ1) is 50.4. The lowest BCUT2D eigenvalue weighted by Gasteiger charge is -2.32. The molecule has 1 atom stereocenters. The molecule has 64 heavy (non-hydrogen) atoms. The highest BCUT2D eigenvalue weighted by Gasteiger charge is 2.38. The second-order valence-corrected chi connectivity index (χ2v) is 16.3. The van der Waals surface area contributed by atoms with Crippen molar-refractivity contribution in [3.05, 3.63) is 77.6 Å². The van der Waals surface area contributed by atoms with Crippen molar-refractivity contribution in [1.82, 2.24) is 41.1 Å². The van der Waals surface area contributed by atoms with E-state index in [0.717, 1.165) is 42.0 Å². The number of hydrogen-bond acceptors (Lipinski definition) is 12. The molecule has 20 heteroatoms. The summed E-state index contributed by atoms with van der Waals surface area (Å²) in [5, 5.41) is 27.0. The zero-order valence-electron chi connectivity index (χ0n) is 36.9. The Kier molecular flexibility index (Phi) is 18.0. The molecule has 5 rings (SSSR count). The number of nitrogens with two attached hydrogens (primary N) is 1. The standard InChI is InChI=1S/C42H56N10O5.C2HF3O2/c1-7-51(8-2)24-23-44-38(53)36-22-21-34(27(3)46-36)30-13-9-28(10-14-30)25-35(43)40(55)52(33-19-17-31(18-20-33)37-47-49-50-48-37)39(54)32-15-11-29(12-16-32)26-45-41(56)57-42(4,5)6;3-2(4,5)1(6)7/h9-10,13-14,17-22,29,32,35H,7-8,11-12,15-16,23-26,43H2,1-6H3,(H,44,53)(H,45,56)(H,47,48,49,50);(H,6,7)/t29?,32?,35-;/m0./s1. The van der Waals surface area contributed by atoms with Crippen LogP contribution in [0.5, 0.6) is 0 Å². The molecular formula is C44H57F3N10O7. The van der Waals surface area contributed by atoms with E-state index in [1.165, 1.54) is 4.90 Å². The number of tetrazole rings is 1. The normalized spacial score (nSPS) is 15.6. The largest absolute Gasteiger partial charge is 0.490 e. The minimum absolute atomic E-state index is 0.190. The van der Waals surface area contributed by atoms with E-state index in [9.17, 15) is 32.3 Å². The average Bonchev–Trinajstić information content (AvgIpc) is 3.80. The molecule has 0 aliphatic heterocycles. The first-order valence-electron chi connectivity index (χ1n) is 21.0. The Balaban J connectivity index is 0.00000118. The molecule has 4 aromatic rings. The van der Waals surface area contributed by atoms with Gasteiger partial charge in [0.05, 0.1) is 11.7 Å². The van der Waals surface area contributed by atoms with Crippen molar-refractivity contribution < 1.29 is 47.0 Å². The summed E-state index contributed by atoms with van der Waals surface area (Å²) in [7, 11) is 0. The first-order valence-corrected chi connectivity index (χ1v) is 21.0. The summed E-state index contributed by atoms with van der Waals surface area (Å²) in [6.45, 7) is 15.1. The number of carbonyl (C=O) groups excluding carboxylic acids is 4. The van der Waals surface area contributed by atoms with Crippen molar-refractivity contribution in [2.45, 2.75) is 91.5 Å². The maximum absolute atomic E-state index is 14.2. The monoisotopic (exact) mass is 894 g/mol. The van der Waals surface area contributed by atoms with Gasteiger partial charge < -0.3 is 31.1 Å². The van der Waals surface area contributed by atoms with E-state index >= 15 is 0 Å². The summed E-state index contributed by atoms with van der Waals surface area (Å²) in [6.07, 6.45) is -2.78. The fourth-order valence-electron chi connectivity index (χ4n) is 7.02. The van der Waals surface area contributed by atoms with Crippen LogP contribution in [0.3, 0.4) is 0 Å². The number of halogens is 3. The molecule has 0 bridgehead atoms. The Labute approximate surface area is 369 Å². The number of nitrogens with one attached hydrogen (secondary N) is 3. The summed E-state index contributed by atoms with van der Waals surface area (Å²) >= 11 is 0. The number of amides is 4. The second-order valence-electron chi connectivity index (χ2n) is 16.3. The summed E-state index contributed by atoms with van der Waals surface area (Å²) < 4.78 is 37.1. The number of anilines is 1. The number of carbonyl (C=O) groups is 5. The average molecular weight is 895 g/mol. The van der Waals surface area contributed by atoms with E-state index in [1.54, 1.807) is 30.3 Å². The number of ether oxygens (including phenoxy) is 1. The number of aromatic nitrogens is 5. The number of aliphatic carboxylic acids is 1. The summed E-state index contributed by atoms with van der Waals surface area (Å²) in [6, 6.07) is 17.2. The smallest absolute Gasteiger partial charge is 0.475 e. The van der Waals surface area contributed by atoms with Gasteiger partial charge in [-0.3, -0.25) is 14.4 Å². The number of aromatic amines is 1. The van der Waals surface area contributed by atoms with Crippen LogP contribution in [0.4, 0.5) is 23.7 Å². The van der Waals surface area contributed by atoms with Gasteiger partial charge in [0.2, 0.25) is 11.7 Å². The molecule has 1 aliphatic carbocycles. The maximum atomic E-state index is 14.2. The third-order valence-corrected chi connectivity index (χ3v) is 10.5. The Morgan fingerprint density at radius 3 is 2.05 bits per heavy atom. The molecule has 0 spiro atoms. The van der Waals surface area contributed by atoms with Crippen molar-refractivity contribution >= 4 is 35.5 Å². The molecule has 0 saturated heterocycles. The predicted octanol–water partition coefficient (Wildman–Crippen LogP) is 5.70. The van der Waals surface area contributed by atoms with Crippen LogP contribution in [-0.2, 0) is 25.5 Å². The maximum Gasteiger partial charge on any atom is 0.490 e. The Bertz CT molecular complexity index is 2170. The molecule has 2 heterocycles. The molecule has 0 radical (unpaired) electrons.